The maximum Gasteiger partial charge on any atom is 0.309 e. The fourth-order valence-corrected chi connectivity index (χ4v) is 1.65. The maximum absolute atomic E-state index is 11.0. The van der Waals surface area contributed by atoms with Gasteiger partial charge < -0.3 is 10.1 Å². The summed E-state index contributed by atoms with van der Waals surface area (Å²) in [6.45, 7) is 1.61. The number of hydrogen-bond donors (Lipinski definition) is 2. The molecule has 1 heterocycles. The Morgan fingerprint density at radius 3 is 2.91 bits per heavy atom. The molecule has 4 heteroatoms. The molecule has 0 spiro atoms. The van der Waals surface area contributed by atoms with Crippen molar-refractivity contribution in [2.24, 2.45) is 5.92 Å². The Morgan fingerprint density at radius 1 is 1.64 bits per heavy atom. The lowest BCUT2D eigenvalue weighted by Gasteiger charge is -2.24. The summed E-state index contributed by atoms with van der Waals surface area (Å²) in [5, 5.41) is 3.41. The summed E-state index contributed by atoms with van der Waals surface area (Å²) in [6.07, 6.45) is 0.822. The first-order chi connectivity index (χ1) is 5.24. The van der Waals surface area contributed by atoms with Gasteiger partial charge in [0.05, 0.1) is 13.0 Å². The molecule has 0 radical (unpaired) electrons. The molecule has 0 bridgehead atoms. The van der Waals surface area contributed by atoms with Gasteiger partial charge in [-0.2, -0.15) is 12.6 Å². The molecule has 1 N–H and O–H groups in total. The third-order valence-corrected chi connectivity index (χ3v) is 2.26. The molecule has 0 saturated carbocycles. The van der Waals surface area contributed by atoms with Gasteiger partial charge in [0.15, 0.2) is 0 Å². The molecule has 0 aromatic carbocycles. The minimum absolute atomic E-state index is 0.00347. The summed E-state index contributed by atoms with van der Waals surface area (Å²) in [4.78, 5) is 11.0. The Morgan fingerprint density at radius 2 is 2.36 bits per heavy atom. The van der Waals surface area contributed by atoms with Crippen molar-refractivity contribution in [2.45, 2.75) is 11.7 Å². The maximum atomic E-state index is 11.0. The molecule has 3 nitrogen and oxygen atoms in total. The van der Waals surface area contributed by atoms with Crippen molar-refractivity contribution < 1.29 is 9.53 Å². The van der Waals surface area contributed by atoms with Gasteiger partial charge in [0.25, 0.3) is 0 Å². The Labute approximate surface area is 71.9 Å². The number of thiol groups is 1. The van der Waals surface area contributed by atoms with E-state index in [0.717, 1.165) is 19.5 Å². The van der Waals surface area contributed by atoms with E-state index >= 15 is 0 Å². The lowest BCUT2D eigenvalue weighted by Crippen LogP contribution is -2.40. The van der Waals surface area contributed by atoms with Crippen LogP contribution in [0, 0.1) is 5.92 Å². The quantitative estimate of drug-likeness (QED) is 0.437. The van der Waals surface area contributed by atoms with Crippen LogP contribution in [0.2, 0.25) is 0 Å². The zero-order chi connectivity index (χ0) is 8.27. The molecule has 1 aliphatic rings. The van der Waals surface area contributed by atoms with E-state index in [1.807, 2.05) is 0 Å². The number of carbonyl (C=O) groups is 1. The zero-order valence-corrected chi connectivity index (χ0v) is 7.43. The van der Waals surface area contributed by atoms with Gasteiger partial charge >= 0.3 is 5.97 Å². The van der Waals surface area contributed by atoms with E-state index in [2.05, 4.69) is 22.7 Å². The number of carbonyl (C=O) groups excluding carboxylic acids is 1. The topological polar surface area (TPSA) is 38.3 Å². The number of nitrogens with one attached hydrogen (secondary N) is 1. The number of hydrogen-bond acceptors (Lipinski definition) is 4. The average molecular weight is 175 g/mol. The smallest absolute Gasteiger partial charge is 0.309 e. The van der Waals surface area contributed by atoms with Crippen molar-refractivity contribution in [1.82, 2.24) is 5.32 Å². The van der Waals surface area contributed by atoms with Crippen LogP contribution >= 0.6 is 12.6 Å². The highest BCUT2D eigenvalue weighted by atomic mass is 32.1. The second-order valence-corrected chi connectivity index (χ2v) is 3.50. The minimum atomic E-state index is -0.128. The fraction of sp³-hybridized carbons (Fsp3) is 0.857. The van der Waals surface area contributed by atoms with Crippen LogP contribution in [0.4, 0.5) is 0 Å². The first kappa shape index (κ1) is 8.87. The summed E-state index contributed by atoms with van der Waals surface area (Å²) in [5.41, 5.74) is 0. The molecule has 0 aliphatic carbocycles. The third-order valence-electron chi connectivity index (χ3n) is 1.86. The molecule has 1 saturated heterocycles. The molecule has 2 unspecified atom stereocenters. The Balaban J connectivity index is 2.39. The van der Waals surface area contributed by atoms with E-state index in [1.165, 1.54) is 7.11 Å². The highest BCUT2D eigenvalue weighted by Gasteiger charge is 2.25. The lowest BCUT2D eigenvalue weighted by atomic mass is 10.00. The van der Waals surface area contributed by atoms with Gasteiger partial charge in [-0.15, -0.1) is 0 Å². The first-order valence-electron chi connectivity index (χ1n) is 3.70. The number of piperidine rings is 1. The molecular formula is C7H13NO2S. The number of rotatable bonds is 1. The van der Waals surface area contributed by atoms with Crippen molar-refractivity contribution in [3.63, 3.8) is 0 Å². The van der Waals surface area contributed by atoms with Gasteiger partial charge in [-0.1, -0.05) is 0 Å². The molecule has 1 fully saturated rings. The van der Waals surface area contributed by atoms with E-state index in [-0.39, 0.29) is 17.1 Å². The van der Waals surface area contributed by atoms with Crippen LogP contribution in [0.1, 0.15) is 6.42 Å². The van der Waals surface area contributed by atoms with Gasteiger partial charge in [0.1, 0.15) is 0 Å². The monoisotopic (exact) mass is 175 g/mol. The van der Waals surface area contributed by atoms with E-state index in [9.17, 15) is 4.79 Å². The van der Waals surface area contributed by atoms with Crippen LogP contribution in [0.3, 0.4) is 0 Å². The normalized spacial score (nSPS) is 31.5. The predicted octanol–water partition coefficient (Wildman–Crippen LogP) is 0.0673. The Hall–Kier alpha value is -0.220. The molecule has 2 atom stereocenters. The van der Waals surface area contributed by atoms with Crippen molar-refractivity contribution in [1.29, 1.82) is 0 Å². The van der Waals surface area contributed by atoms with Crippen LogP contribution in [-0.4, -0.2) is 31.4 Å². The Bertz CT molecular complexity index is 151. The summed E-state index contributed by atoms with van der Waals surface area (Å²) < 4.78 is 4.63. The van der Waals surface area contributed by atoms with E-state index in [1.54, 1.807) is 0 Å². The fourth-order valence-electron chi connectivity index (χ4n) is 1.27. The van der Waals surface area contributed by atoms with Crippen LogP contribution in [0.15, 0.2) is 0 Å². The van der Waals surface area contributed by atoms with Crippen LogP contribution < -0.4 is 5.32 Å². The second kappa shape index (κ2) is 3.97. The van der Waals surface area contributed by atoms with Gasteiger partial charge in [0.2, 0.25) is 0 Å². The summed E-state index contributed by atoms with van der Waals surface area (Å²) in [5.74, 6) is -0.132. The number of esters is 1. The van der Waals surface area contributed by atoms with Gasteiger partial charge in [-0.3, -0.25) is 4.79 Å². The van der Waals surface area contributed by atoms with Gasteiger partial charge in [-0.05, 0) is 6.42 Å². The molecule has 0 aromatic rings. The summed E-state index contributed by atoms with van der Waals surface area (Å²) >= 11 is 4.28. The Kier molecular flexibility index (Phi) is 3.20. The van der Waals surface area contributed by atoms with E-state index < -0.39 is 0 Å². The van der Waals surface area contributed by atoms with E-state index in [4.69, 9.17) is 0 Å². The number of methoxy groups -OCH3 is 1. The third kappa shape index (κ3) is 2.38. The first-order valence-corrected chi connectivity index (χ1v) is 4.22. The summed E-state index contributed by atoms with van der Waals surface area (Å²) in [7, 11) is 1.42. The molecule has 11 heavy (non-hydrogen) atoms. The van der Waals surface area contributed by atoms with Crippen molar-refractivity contribution in [3.8, 4) is 0 Å². The van der Waals surface area contributed by atoms with Gasteiger partial charge in [0, 0.05) is 18.3 Å². The molecular weight excluding hydrogens is 162 g/mol. The highest BCUT2D eigenvalue weighted by Crippen LogP contribution is 2.15. The van der Waals surface area contributed by atoms with Gasteiger partial charge in [-0.25, -0.2) is 0 Å². The van der Waals surface area contributed by atoms with Crippen LogP contribution in [0.25, 0.3) is 0 Å². The van der Waals surface area contributed by atoms with Crippen LogP contribution in [0.5, 0.6) is 0 Å². The zero-order valence-electron chi connectivity index (χ0n) is 6.54. The van der Waals surface area contributed by atoms with Crippen molar-refractivity contribution >= 4 is 18.6 Å². The molecule has 1 aliphatic heterocycles. The highest BCUT2D eigenvalue weighted by molar-refractivity contribution is 7.81. The lowest BCUT2D eigenvalue weighted by molar-refractivity contribution is -0.145. The van der Waals surface area contributed by atoms with E-state index in [0.29, 0.717) is 0 Å². The largest absolute Gasteiger partial charge is 0.469 e. The van der Waals surface area contributed by atoms with Crippen molar-refractivity contribution in [3.05, 3.63) is 0 Å². The van der Waals surface area contributed by atoms with Crippen LogP contribution in [-0.2, 0) is 9.53 Å². The molecule has 1 rings (SSSR count). The average Bonchev–Trinajstić information content (AvgIpc) is 2.03. The predicted molar refractivity (Wildman–Crippen MR) is 45.8 cm³/mol. The second-order valence-electron chi connectivity index (χ2n) is 2.77. The number of ether oxygens (including phenoxy) is 1. The minimum Gasteiger partial charge on any atom is -0.469 e. The SMILES string of the molecule is COC(=O)C1CNCC(S)C1. The molecule has 0 aromatic heterocycles. The molecule has 0 amide bonds. The standard InChI is InChI=1S/C7H13NO2S/c1-10-7(9)5-2-6(11)4-8-3-5/h5-6,8,11H,2-4H2,1H3. The van der Waals surface area contributed by atoms with Crippen molar-refractivity contribution in [2.75, 3.05) is 20.2 Å². The summed E-state index contributed by atoms with van der Waals surface area (Å²) in [6, 6.07) is 0. The molecule has 64 valence electrons.